The highest BCUT2D eigenvalue weighted by Crippen LogP contribution is 2.22. The number of halogens is 2. The molecule has 0 saturated heterocycles. The van der Waals surface area contributed by atoms with E-state index in [0.29, 0.717) is 24.9 Å². The van der Waals surface area contributed by atoms with E-state index in [9.17, 15) is 4.39 Å². The summed E-state index contributed by atoms with van der Waals surface area (Å²) in [5, 5.41) is 7.36. The van der Waals surface area contributed by atoms with Crippen LogP contribution in [0.2, 0.25) is 0 Å². The second-order valence-electron chi connectivity index (χ2n) is 7.47. The molecule has 0 aliphatic rings. The predicted octanol–water partition coefficient (Wildman–Crippen LogP) is 4.12. The number of nitrogens with zero attached hydrogens (tertiary/aromatic N) is 2. The SMILES string of the molecule is CN=C(NCCc1c[nH]c2ccc(F)cc12)NCc1ncc(C(C)(C)C)o1.I. The quantitative estimate of drug-likeness (QED) is 0.281. The molecule has 0 fully saturated rings. The summed E-state index contributed by atoms with van der Waals surface area (Å²) in [6.45, 7) is 7.38. The van der Waals surface area contributed by atoms with Gasteiger partial charge in [0, 0.05) is 36.1 Å². The summed E-state index contributed by atoms with van der Waals surface area (Å²) in [6, 6.07) is 4.77. The maximum Gasteiger partial charge on any atom is 0.213 e. The van der Waals surface area contributed by atoms with Gasteiger partial charge in [0.2, 0.25) is 5.89 Å². The van der Waals surface area contributed by atoms with Crippen molar-refractivity contribution in [2.45, 2.75) is 39.2 Å². The van der Waals surface area contributed by atoms with Gasteiger partial charge >= 0.3 is 0 Å². The van der Waals surface area contributed by atoms with Crippen LogP contribution in [0.25, 0.3) is 10.9 Å². The second-order valence-corrected chi connectivity index (χ2v) is 7.47. The molecule has 2 aromatic heterocycles. The van der Waals surface area contributed by atoms with Crippen LogP contribution in [0, 0.1) is 5.82 Å². The molecule has 3 rings (SSSR count). The Morgan fingerprint density at radius 3 is 2.75 bits per heavy atom. The van der Waals surface area contributed by atoms with Gasteiger partial charge in [-0.3, -0.25) is 4.99 Å². The fourth-order valence-electron chi connectivity index (χ4n) is 2.79. The molecule has 0 unspecified atom stereocenters. The van der Waals surface area contributed by atoms with Crippen LogP contribution >= 0.6 is 24.0 Å². The van der Waals surface area contributed by atoms with Crippen LogP contribution in [0.1, 0.15) is 38.0 Å². The summed E-state index contributed by atoms with van der Waals surface area (Å²) < 4.78 is 19.2. The summed E-state index contributed by atoms with van der Waals surface area (Å²) in [5.41, 5.74) is 1.94. The van der Waals surface area contributed by atoms with Crippen LogP contribution in [0.4, 0.5) is 4.39 Å². The summed E-state index contributed by atoms with van der Waals surface area (Å²) in [5.74, 6) is 1.91. The number of fused-ring (bicyclic) bond motifs is 1. The smallest absolute Gasteiger partial charge is 0.213 e. The van der Waals surface area contributed by atoms with Crippen LogP contribution in [0.15, 0.2) is 40.0 Å². The Morgan fingerprint density at radius 2 is 2.07 bits per heavy atom. The Balaban J connectivity index is 0.00000280. The third-order valence-corrected chi connectivity index (χ3v) is 4.34. The molecule has 0 aliphatic heterocycles. The van der Waals surface area contributed by atoms with Crippen molar-refractivity contribution >= 4 is 40.8 Å². The fraction of sp³-hybridized carbons (Fsp3) is 0.400. The number of aliphatic imine (C=N–C) groups is 1. The first-order chi connectivity index (χ1) is 12.9. The maximum absolute atomic E-state index is 13.5. The number of hydrogen-bond donors (Lipinski definition) is 3. The van der Waals surface area contributed by atoms with Crippen molar-refractivity contribution in [1.29, 1.82) is 0 Å². The van der Waals surface area contributed by atoms with E-state index in [2.05, 4.69) is 46.4 Å². The second kappa shape index (κ2) is 9.40. The Bertz CT molecular complexity index is 942. The number of aromatic nitrogens is 2. The molecule has 6 nitrogen and oxygen atoms in total. The molecule has 152 valence electrons. The van der Waals surface area contributed by atoms with Crippen molar-refractivity contribution in [3.63, 3.8) is 0 Å². The minimum Gasteiger partial charge on any atom is -0.443 e. The van der Waals surface area contributed by atoms with Gasteiger partial charge in [-0.15, -0.1) is 24.0 Å². The van der Waals surface area contributed by atoms with Gasteiger partial charge < -0.3 is 20.0 Å². The van der Waals surface area contributed by atoms with E-state index in [1.54, 1.807) is 25.4 Å². The van der Waals surface area contributed by atoms with Crippen LogP contribution in [0.5, 0.6) is 0 Å². The number of benzene rings is 1. The highest BCUT2D eigenvalue weighted by Gasteiger charge is 2.19. The van der Waals surface area contributed by atoms with Gasteiger partial charge in [-0.2, -0.15) is 0 Å². The Kier molecular flexibility index (Phi) is 7.45. The standard InChI is InChI=1S/C20H26FN5O.HI/c1-20(2,3)17-11-25-18(27-17)12-26-19(22-4)23-8-7-13-10-24-16-6-5-14(21)9-15(13)16;/h5-6,9-11,24H,7-8,12H2,1-4H3,(H2,22,23,26);1H. The molecule has 0 bridgehead atoms. The van der Waals surface area contributed by atoms with Crippen molar-refractivity contribution in [1.82, 2.24) is 20.6 Å². The highest BCUT2D eigenvalue weighted by atomic mass is 127. The van der Waals surface area contributed by atoms with E-state index in [1.165, 1.54) is 6.07 Å². The Hall–Kier alpha value is -2.10. The molecule has 3 aromatic rings. The van der Waals surface area contributed by atoms with E-state index in [4.69, 9.17) is 4.42 Å². The van der Waals surface area contributed by atoms with E-state index in [-0.39, 0.29) is 35.2 Å². The average molecular weight is 499 g/mol. The van der Waals surface area contributed by atoms with Gasteiger partial charge in [0.15, 0.2) is 5.96 Å². The number of nitrogens with one attached hydrogen (secondary N) is 3. The van der Waals surface area contributed by atoms with Crippen molar-refractivity contribution in [2.75, 3.05) is 13.6 Å². The monoisotopic (exact) mass is 499 g/mol. The lowest BCUT2D eigenvalue weighted by molar-refractivity contribution is 0.379. The molecule has 1 aromatic carbocycles. The molecule has 3 N–H and O–H groups in total. The first-order valence-electron chi connectivity index (χ1n) is 9.02. The summed E-state index contributed by atoms with van der Waals surface area (Å²) in [6.07, 6.45) is 4.43. The minimum atomic E-state index is -0.227. The fourth-order valence-corrected chi connectivity index (χ4v) is 2.79. The average Bonchev–Trinajstić information content (AvgIpc) is 3.25. The van der Waals surface area contributed by atoms with Crippen molar-refractivity contribution < 1.29 is 8.81 Å². The van der Waals surface area contributed by atoms with Gasteiger partial charge in [-0.05, 0) is 30.2 Å². The molecule has 0 saturated carbocycles. The third-order valence-electron chi connectivity index (χ3n) is 4.34. The van der Waals surface area contributed by atoms with Crippen LogP contribution in [-0.2, 0) is 18.4 Å². The lowest BCUT2D eigenvalue weighted by Crippen LogP contribution is -2.37. The summed E-state index contributed by atoms with van der Waals surface area (Å²) in [7, 11) is 1.71. The Morgan fingerprint density at radius 1 is 1.29 bits per heavy atom. The number of hydrogen-bond acceptors (Lipinski definition) is 3. The number of H-pyrrole nitrogens is 1. The van der Waals surface area contributed by atoms with Gasteiger partial charge in [-0.25, -0.2) is 9.37 Å². The van der Waals surface area contributed by atoms with E-state index in [1.807, 2.05) is 6.20 Å². The van der Waals surface area contributed by atoms with Gasteiger partial charge in [0.1, 0.15) is 11.6 Å². The van der Waals surface area contributed by atoms with Gasteiger partial charge in [0.25, 0.3) is 0 Å². The van der Waals surface area contributed by atoms with Gasteiger partial charge in [0.05, 0.1) is 12.7 Å². The molecule has 0 spiro atoms. The van der Waals surface area contributed by atoms with Crippen molar-refractivity contribution in [2.24, 2.45) is 4.99 Å². The van der Waals surface area contributed by atoms with Crippen LogP contribution in [-0.4, -0.2) is 29.5 Å². The molecular weight excluding hydrogens is 472 g/mol. The number of aromatic amines is 1. The number of rotatable bonds is 5. The lowest BCUT2D eigenvalue weighted by Gasteiger charge is -2.13. The minimum absolute atomic E-state index is 0. The zero-order valence-corrected chi connectivity index (χ0v) is 18.9. The summed E-state index contributed by atoms with van der Waals surface area (Å²) in [4.78, 5) is 11.7. The number of oxazole rings is 1. The van der Waals surface area contributed by atoms with Crippen LogP contribution < -0.4 is 10.6 Å². The van der Waals surface area contributed by atoms with Crippen molar-refractivity contribution in [3.8, 4) is 0 Å². The molecular formula is C20H27FIN5O. The van der Waals surface area contributed by atoms with E-state index >= 15 is 0 Å². The molecule has 8 heteroatoms. The predicted molar refractivity (Wildman–Crippen MR) is 121 cm³/mol. The van der Waals surface area contributed by atoms with E-state index < -0.39 is 0 Å². The lowest BCUT2D eigenvalue weighted by atomic mass is 9.94. The van der Waals surface area contributed by atoms with Gasteiger partial charge in [-0.1, -0.05) is 20.8 Å². The van der Waals surface area contributed by atoms with E-state index in [0.717, 1.165) is 28.6 Å². The zero-order valence-electron chi connectivity index (χ0n) is 16.6. The zero-order chi connectivity index (χ0) is 19.4. The topological polar surface area (TPSA) is 78.2 Å². The molecule has 2 heterocycles. The maximum atomic E-state index is 13.5. The first kappa shape index (κ1) is 22.2. The van der Waals surface area contributed by atoms with Crippen molar-refractivity contribution in [3.05, 3.63) is 53.6 Å². The number of guanidine groups is 1. The molecule has 0 amide bonds. The molecule has 0 atom stereocenters. The first-order valence-corrected chi connectivity index (χ1v) is 9.02. The molecule has 0 radical (unpaired) electrons. The largest absolute Gasteiger partial charge is 0.443 e. The third kappa shape index (κ3) is 5.46. The highest BCUT2D eigenvalue weighted by molar-refractivity contribution is 14.0. The normalized spacial score (nSPS) is 12.1. The summed E-state index contributed by atoms with van der Waals surface area (Å²) >= 11 is 0. The molecule has 0 aliphatic carbocycles. The van der Waals surface area contributed by atoms with Crippen LogP contribution in [0.3, 0.4) is 0 Å². The molecule has 28 heavy (non-hydrogen) atoms. The Labute approximate surface area is 181 Å².